The highest BCUT2D eigenvalue weighted by atomic mass is 14.4. The molecule has 4 rings (SSSR count). The Labute approximate surface area is 160 Å². The zero-order valence-corrected chi connectivity index (χ0v) is 16.7. The van der Waals surface area contributed by atoms with Gasteiger partial charge in [-0.1, -0.05) is 105 Å². The van der Waals surface area contributed by atoms with E-state index in [4.69, 9.17) is 0 Å². The van der Waals surface area contributed by atoms with Crippen molar-refractivity contribution >= 4 is 0 Å². The van der Waals surface area contributed by atoms with Crippen LogP contribution in [0.25, 0.3) is 11.1 Å². The molecule has 0 N–H and O–H groups in total. The van der Waals surface area contributed by atoms with E-state index in [1.54, 1.807) is 11.1 Å². The monoisotopic (exact) mass is 346 g/mol. The van der Waals surface area contributed by atoms with Crippen molar-refractivity contribution < 1.29 is 0 Å². The van der Waals surface area contributed by atoms with Gasteiger partial charge in [0.05, 0.1) is 0 Å². The lowest BCUT2D eigenvalue weighted by atomic mass is 9.70. The van der Waals surface area contributed by atoms with Gasteiger partial charge >= 0.3 is 0 Å². The van der Waals surface area contributed by atoms with Gasteiger partial charge in [0.15, 0.2) is 0 Å². The lowest BCUT2D eigenvalue weighted by molar-refractivity contribution is 0.389. The first-order valence-corrected chi connectivity index (χ1v) is 10.9. The van der Waals surface area contributed by atoms with E-state index in [9.17, 15) is 0 Å². The van der Waals surface area contributed by atoms with Crippen molar-refractivity contribution in [3.63, 3.8) is 0 Å². The topological polar surface area (TPSA) is 0 Å². The molecule has 0 radical (unpaired) electrons. The van der Waals surface area contributed by atoms with Crippen molar-refractivity contribution in [1.82, 2.24) is 0 Å². The summed E-state index contributed by atoms with van der Waals surface area (Å²) >= 11 is 0. The van der Waals surface area contributed by atoms with Crippen LogP contribution in [0.3, 0.4) is 0 Å². The maximum Gasteiger partial charge on any atom is 0.0215 e. The van der Waals surface area contributed by atoms with Gasteiger partial charge < -0.3 is 0 Å². The lowest BCUT2D eigenvalue weighted by Crippen LogP contribution is -2.26. The van der Waals surface area contributed by atoms with Gasteiger partial charge in [-0.25, -0.2) is 0 Å². The molecule has 2 aromatic carbocycles. The van der Waals surface area contributed by atoms with E-state index in [0.29, 0.717) is 0 Å². The molecule has 0 heterocycles. The van der Waals surface area contributed by atoms with Crippen molar-refractivity contribution in [2.24, 2.45) is 0 Å². The molecule has 0 heteroatoms. The van der Waals surface area contributed by atoms with Crippen LogP contribution in [0.1, 0.15) is 92.9 Å². The van der Waals surface area contributed by atoms with Crippen LogP contribution in [-0.4, -0.2) is 0 Å². The second-order valence-corrected chi connectivity index (χ2v) is 8.86. The minimum absolute atomic E-state index is 0.266. The molecule has 0 bridgehead atoms. The summed E-state index contributed by atoms with van der Waals surface area (Å²) in [5.74, 6) is 0. The summed E-state index contributed by atoms with van der Waals surface area (Å²) in [6.07, 6.45) is 15.4. The summed E-state index contributed by atoms with van der Waals surface area (Å²) < 4.78 is 0. The summed E-state index contributed by atoms with van der Waals surface area (Å²) in [5, 5.41) is 0. The maximum atomic E-state index is 2.51. The van der Waals surface area contributed by atoms with Crippen LogP contribution < -0.4 is 0 Å². The smallest absolute Gasteiger partial charge is 0.0215 e. The van der Waals surface area contributed by atoms with Gasteiger partial charge in [-0.3, -0.25) is 0 Å². The highest BCUT2D eigenvalue weighted by Crippen LogP contribution is 2.54. The van der Waals surface area contributed by atoms with Crippen LogP contribution in [0.15, 0.2) is 36.4 Å². The zero-order chi connectivity index (χ0) is 18.0. The number of hydrogen-bond acceptors (Lipinski definition) is 0. The number of benzene rings is 2. The van der Waals surface area contributed by atoms with E-state index >= 15 is 0 Å². The fourth-order valence-electron chi connectivity index (χ4n) is 5.48. The molecule has 0 aromatic heterocycles. The minimum Gasteiger partial charge on any atom is -0.0587 e. The highest BCUT2D eigenvalue weighted by molar-refractivity contribution is 5.81. The molecule has 0 atom stereocenters. The first-order chi connectivity index (χ1) is 12.7. The van der Waals surface area contributed by atoms with Crippen molar-refractivity contribution in [1.29, 1.82) is 0 Å². The first-order valence-electron chi connectivity index (χ1n) is 10.9. The maximum absolute atomic E-state index is 2.51. The minimum atomic E-state index is 0.266. The van der Waals surface area contributed by atoms with Crippen molar-refractivity contribution in [2.75, 3.05) is 0 Å². The van der Waals surface area contributed by atoms with Gasteiger partial charge in [0, 0.05) is 5.41 Å². The van der Waals surface area contributed by atoms with Gasteiger partial charge in [-0.15, -0.1) is 0 Å². The number of aryl methyl sites for hydroxylation is 2. The molecule has 1 spiro atoms. The third kappa shape index (κ3) is 3.24. The van der Waals surface area contributed by atoms with Gasteiger partial charge in [0.1, 0.15) is 0 Å². The predicted molar refractivity (Wildman–Crippen MR) is 113 cm³/mol. The van der Waals surface area contributed by atoms with Crippen LogP contribution in [0.2, 0.25) is 0 Å². The standard InChI is InChI=1S/C26H34/c1-20-12-14-22-23-15-13-21(2)19-25(23)26(24(22)18-20)16-10-8-6-4-3-5-7-9-11-17-26/h12-15,18-19H,3-11,16-17H2,1-2H3. The van der Waals surface area contributed by atoms with Gasteiger partial charge in [0.2, 0.25) is 0 Å². The molecule has 0 aliphatic heterocycles. The van der Waals surface area contributed by atoms with Crippen LogP contribution >= 0.6 is 0 Å². The molecular weight excluding hydrogens is 312 g/mol. The molecule has 26 heavy (non-hydrogen) atoms. The van der Waals surface area contributed by atoms with E-state index in [2.05, 4.69) is 50.2 Å². The average molecular weight is 347 g/mol. The van der Waals surface area contributed by atoms with E-state index in [0.717, 1.165) is 0 Å². The van der Waals surface area contributed by atoms with E-state index < -0.39 is 0 Å². The Bertz CT molecular complexity index is 702. The molecule has 2 aliphatic rings. The van der Waals surface area contributed by atoms with Crippen LogP contribution in [0.5, 0.6) is 0 Å². The Morgan fingerprint density at radius 3 is 1.35 bits per heavy atom. The quantitative estimate of drug-likeness (QED) is 0.455. The van der Waals surface area contributed by atoms with Crippen molar-refractivity contribution in [2.45, 2.75) is 89.9 Å². The van der Waals surface area contributed by atoms with Crippen LogP contribution in [0, 0.1) is 13.8 Å². The largest absolute Gasteiger partial charge is 0.0587 e. The highest BCUT2D eigenvalue weighted by Gasteiger charge is 2.42. The Balaban J connectivity index is 1.79. The second kappa shape index (κ2) is 7.59. The molecule has 0 unspecified atom stereocenters. The summed E-state index contributed by atoms with van der Waals surface area (Å²) in [7, 11) is 0. The van der Waals surface area contributed by atoms with Gasteiger partial charge in [0.25, 0.3) is 0 Å². The number of hydrogen-bond donors (Lipinski definition) is 0. The SMILES string of the molecule is Cc1ccc2c(c1)C1(CCCCCCCCCCC1)c1cc(C)ccc1-2. The van der Waals surface area contributed by atoms with Crippen molar-refractivity contribution in [3.05, 3.63) is 58.7 Å². The Hall–Kier alpha value is -1.56. The van der Waals surface area contributed by atoms with Crippen LogP contribution in [0.4, 0.5) is 0 Å². The third-order valence-corrected chi connectivity index (χ3v) is 6.88. The normalized spacial score (nSPS) is 20.1. The van der Waals surface area contributed by atoms with Gasteiger partial charge in [-0.2, -0.15) is 0 Å². The zero-order valence-electron chi connectivity index (χ0n) is 16.7. The predicted octanol–water partition coefficient (Wildman–Crippen LogP) is 7.87. The molecule has 0 saturated heterocycles. The molecule has 0 amide bonds. The molecule has 138 valence electrons. The third-order valence-electron chi connectivity index (χ3n) is 6.88. The Morgan fingerprint density at radius 2 is 0.923 bits per heavy atom. The second-order valence-electron chi connectivity index (χ2n) is 8.86. The van der Waals surface area contributed by atoms with Crippen LogP contribution in [-0.2, 0) is 5.41 Å². The molecule has 1 saturated carbocycles. The molecule has 0 nitrogen and oxygen atoms in total. The molecule has 1 fully saturated rings. The summed E-state index contributed by atoms with van der Waals surface area (Å²) in [6, 6.07) is 14.4. The van der Waals surface area contributed by atoms with E-state index in [1.807, 2.05) is 0 Å². The average Bonchev–Trinajstić information content (AvgIpc) is 2.87. The Kier molecular flexibility index (Phi) is 5.20. The van der Waals surface area contributed by atoms with E-state index in [1.165, 1.54) is 92.9 Å². The number of rotatable bonds is 0. The Morgan fingerprint density at radius 1 is 0.538 bits per heavy atom. The molecular formula is C26H34. The molecule has 2 aromatic rings. The fourth-order valence-corrected chi connectivity index (χ4v) is 5.48. The summed E-state index contributed by atoms with van der Waals surface area (Å²) in [5.41, 5.74) is 9.39. The molecule has 2 aliphatic carbocycles. The first kappa shape index (κ1) is 17.8. The van der Waals surface area contributed by atoms with Crippen molar-refractivity contribution in [3.8, 4) is 11.1 Å². The fraction of sp³-hybridized carbons (Fsp3) is 0.538. The number of fused-ring (bicyclic) bond motifs is 5. The lowest BCUT2D eigenvalue weighted by Gasteiger charge is -2.33. The summed E-state index contributed by atoms with van der Waals surface area (Å²) in [4.78, 5) is 0. The van der Waals surface area contributed by atoms with Gasteiger partial charge in [-0.05, 0) is 48.9 Å². The van der Waals surface area contributed by atoms with E-state index in [-0.39, 0.29) is 5.41 Å². The summed E-state index contributed by atoms with van der Waals surface area (Å²) in [6.45, 7) is 4.52.